The van der Waals surface area contributed by atoms with Crippen LogP contribution in [0.3, 0.4) is 0 Å². The Labute approximate surface area is 80.3 Å². The molecule has 1 heterocycles. The maximum Gasteiger partial charge on any atom is 0.408 e. The smallest absolute Gasteiger partial charge is 0.408 e. The number of carboxylic acid groups (broad SMARTS) is 1. The third-order valence-corrected chi connectivity index (χ3v) is 2.79. The first-order valence-electron chi connectivity index (χ1n) is 3.76. The van der Waals surface area contributed by atoms with E-state index in [1.807, 2.05) is 0 Å². The van der Waals surface area contributed by atoms with Crippen molar-refractivity contribution in [3.8, 4) is 12.3 Å². The molecule has 0 aromatic carbocycles. The highest BCUT2D eigenvalue weighted by molar-refractivity contribution is 8.14. The van der Waals surface area contributed by atoms with E-state index in [4.69, 9.17) is 11.5 Å². The molecule has 0 aromatic heterocycles. The van der Waals surface area contributed by atoms with Gasteiger partial charge in [0.15, 0.2) is 0 Å². The summed E-state index contributed by atoms with van der Waals surface area (Å²) in [6.07, 6.45) is 4.45. The maximum absolute atomic E-state index is 11.2. The molecule has 4 nitrogen and oxygen atoms in total. The van der Waals surface area contributed by atoms with Gasteiger partial charge in [-0.1, -0.05) is 17.7 Å². The van der Waals surface area contributed by atoms with Crippen molar-refractivity contribution >= 4 is 23.0 Å². The third-order valence-electron chi connectivity index (χ3n) is 1.79. The Morgan fingerprint density at radius 2 is 2.54 bits per heavy atom. The molecular weight excluding hydrogens is 190 g/mol. The average molecular weight is 199 g/mol. The molecule has 1 unspecified atom stereocenters. The molecule has 0 spiro atoms. The fourth-order valence-electron chi connectivity index (χ4n) is 1.18. The number of rotatable bonds is 2. The Balaban J connectivity index is 2.70. The lowest BCUT2D eigenvalue weighted by molar-refractivity contribution is -0.114. The van der Waals surface area contributed by atoms with Crippen molar-refractivity contribution in [2.24, 2.45) is 0 Å². The summed E-state index contributed by atoms with van der Waals surface area (Å²) in [6, 6.07) is -0.543. The number of carbonyl (C=O) groups excluding carboxylic acids is 1. The highest BCUT2D eigenvalue weighted by Crippen LogP contribution is 2.24. The van der Waals surface area contributed by atoms with Crippen LogP contribution in [0.4, 0.5) is 4.79 Å². The van der Waals surface area contributed by atoms with E-state index in [1.54, 1.807) is 0 Å². The normalized spacial score (nSPS) is 21.2. The molecule has 1 rings (SSSR count). The fourth-order valence-corrected chi connectivity index (χ4v) is 2.16. The minimum atomic E-state index is -1.13. The molecule has 0 aliphatic carbocycles. The van der Waals surface area contributed by atoms with Crippen LogP contribution in [0, 0.1) is 12.3 Å². The van der Waals surface area contributed by atoms with Crippen LogP contribution in [-0.2, 0) is 4.79 Å². The number of terminal acetylenes is 1. The lowest BCUT2D eigenvalue weighted by Crippen LogP contribution is -2.41. The van der Waals surface area contributed by atoms with Gasteiger partial charge in [-0.25, -0.2) is 4.79 Å². The first kappa shape index (κ1) is 9.93. The molecule has 1 aliphatic heterocycles. The van der Waals surface area contributed by atoms with Crippen LogP contribution in [0.15, 0.2) is 0 Å². The number of carbonyl (C=O) groups is 2. The summed E-state index contributed by atoms with van der Waals surface area (Å²) in [5.41, 5.74) is 0. The van der Waals surface area contributed by atoms with Crippen LogP contribution in [0.5, 0.6) is 0 Å². The molecule has 0 radical (unpaired) electrons. The highest BCUT2D eigenvalue weighted by Gasteiger charge is 2.33. The molecule has 0 bridgehead atoms. The van der Waals surface area contributed by atoms with Gasteiger partial charge in [-0.2, -0.15) is 0 Å². The number of hydrogen-bond acceptors (Lipinski definition) is 3. The Kier molecular flexibility index (Phi) is 3.20. The SMILES string of the molecule is C#CCN(C(=O)O)C1CCSC1=O. The van der Waals surface area contributed by atoms with Gasteiger partial charge in [-0.15, -0.1) is 6.42 Å². The van der Waals surface area contributed by atoms with E-state index in [0.717, 1.165) is 16.7 Å². The summed E-state index contributed by atoms with van der Waals surface area (Å²) in [6.45, 7) is -0.0215. The van der Waals surface area contributed by atoms with E-state index < -0.39 is 12.1 Å². The summed E-state index contributed by atoms with van der Waals surface area (Å²) >= 11 is 1.16. The minimum absolute atomic E-state index is 0.0215. The van der Waals surface area contributed by atoms with E-state index in [9.17, 15) is 9.59 Å². The molecule has 1 aliphatic rings. The zero-order valence-electron chi connectivity index (χ0n) is 6.90. The number of amides is 1. The van der Waals surface area contributed by atoms with E-state index in [-0.39, 0.29) is 11.7 Å². The minimum Gasteiger partial charge on any atom is -0.465 e. The van der Waals surface area contributed by atoms with Crippen molar-refractivity contribution < 1.29 is 14.7 Å². The van der Waals surface area contributed by atoms with Crippen molar-refractivity contribution in [2.45, 2.75) is 12.5 Å². The van der Waals surface area contributed by atoms with Gasteiger partial charge >= 0.3 is 6.09 Å². The Hall–Kier alpha value is -1.15. The number of hydrogen-bond donors (Lipinski definition) is 1. The molecule has 1 saturated heterocycles. The zero-order chi connectivity index (χ0) is 9.84. The van der Waals surface area contributed by atoms with E-state index in [2.05, 4.69) is 5.92 Å². The number of thioether (sulfide) groups is 1. The Bertz CT molecular complexity index is 271. The van der Waals surface area contributed by atoms with Gasteiger partial charge in [0.2, 0.25) is 5.12 Å². The largest absolute Gasteiger partial charge is 0.465 e. The van der Waals surface area contributed by atoms with Crippen molar-refractivity contribution in [3.05, 3.63) is 0 Å². The molecule has 1 fully saturated rings. The lowest BCUT2D eigenvalue weighted by atomic mass is 10.2. The van der Waals surface area contributed by atoms with Gasteiger partial charge in [-0.05, 0) is 6.42 Å². The molecule has 1 N–H and O–H groups in total. The van der Waals surface area contributed by atoms with Crippen LogP contribution in [-0.4, -0.2) is 39.6 Å². The second-order valence-electron chi connectivity index (χ2n) is 2.59. The van der Waals surface area contributed by atoms with Crippen LogP contribution in [0.25, 0.3) is 0 Å². The second kappa shape index (κ2) is 4.19. The van der Waals surface area contributed by atoms with Gasteiger partial charge in [-0.3, -0.25) is 9.69 Å². The van der Waals surface area contributed by atoms with Gasteiger partial charge in [0.1, 0.15) is 6.04 Å². The van der Waals surface area contributed by atoms with Crippen LogP contribution in [0.1, 0.15) is 6.42 Å². The lowest BCUT2D eigenvalue weighted by Gasteiger charge is -2.21. The third kappa shape index (κ3) is 2.16. The molecule has 0 aromatic rings. The first-order chi connectivity index (χ1) is 6.16. The van der Waals surface area contributed by atoms with Crippen LogP contribution >= 0.6 is 11.8 Å². The monoisotopic (exact) mass is 199 g/mol. The van der Waals surface area contributed by atoms with Crippen molar-refractivity contribution in [3.63, 3.8) is 0 Å². The van der Waals surface area contributed by atoms with Crippen molar-refractivity contribution in [1.82, 2.24) is 4.90 Å². The van der Waals surface area contributed by atoms with Gasteiger partial charge in [0, 0.05) is 5.75 Å². The quantitative estimate of drug-likeness (QED) is 0.663. The Morgan fingerprint density at radius 1 is 1.85 bits per heavy atom. The summed E-state index contributed by atoms with van der Waals surface area (Å²) in [7, 11) is 0. The summed E-state index contributed by atoms with van der Waals surface area (Å²) < 4.78 is 0. The van der Waals surface area contributed by atoms with E-state index >= 15 is 0 Å². The molecule has 0 saturated carbocycles. The fraction of sp³-hybridized carbons (Fsp3) is 0.500. The molecule has 70 valence electrons. The second-order valence-corrected chi connectivity index (χ2v) is 3.69. The van der Waals surface area contributed by atoms with Gasteiger partial charge in [0.25, 0.3) is 0 Å². The van der Waals surface area contributed by atoms with E-state index in [1.165, 1.54) is 0 Å². The maximum atomic E-state index is 11.2. The predicted octanol–water partition coefficient (Wildman–Crippen LogP) is 0.632. The first-order valence-corrected chi connectivity index (χ1v) is 4.75. The van der Waals surface area contributed by atoms with Gasteiger partial charge < -0.3 is 5.11 Å². The van der Waals surface area contributed by atoms with Crippen LogP contribution in [0.2, 0.25) is 0 Å². The zero-order valence-corrected chi connectivity index (χ0v) is 7.71. The van der Waals surface area contributed by atoms with Gasteiger partial charge in [0.05, 0.1) is 6.54 Å². The number of nitrogens with zero attached hydrogens (tertiary/aromatic N) is 1. The molecule has 13 heavy (non-hydrogen) atoms. The Morgan fingerprint density at radius 3 is 2.92 bits per heavy atom. The molecule has 1 atom stereocenters. The standard InChI is InChI=1S/C8H9NO3S/c1-2-4-9(8(11)12)6-3-5-13-7(6)10/h1,6H,3-5H2,(H,11,12). The summed E-state index contributed by atoms with van der Waals surface area (Å²) in [4.78, 5) is 22.9. The topological polar surface area (TPSA) is 57.6 Å². The van der Waals surface area contributed by atoms with Crippen LogP contribution < -0.4 is 0 Å². The van der Waals surface area contributed by atoms with E-state index in [0.29, 0.717) is 12.2 Å². The predicted molar refractivity (Wildman–Crippen MR) is 49.4 cm³/mol. The molecule has 5 heteroatoms. The summed E-state index contributed by atoms with van der Waals surface area (Å²) in [5.74, 6) is 2.91. The molecule has 1 amide bonds. The summed E-state index contributed by atoms with van der Waals surface area (Å²) in [5, 5.41) is 8.65. The molecular formula is C8H9NO3S. The van der Waals surface area contributed by atoms with Crippen molar-refractivity contribution in [1.29, 1.82) is 0 Å². The highest BCUT2D eigenvalue weighted by atomic mass is 32.2. The average Bonchev–Trinajstić information content (AvgIpc) is 2.47. The van der Waals surface area contributed by atoms with Crippen molar-refractivity contribution in [2.75, 3.05) is 12.3 Å².